The molecule has 0 aromatic heterocycles. The summed E-state index contributed by atoms with van der Waals surface area (Å²) in [5, 5.41) is 0. The van der Waals surface area contributed by atoms with Crippen LogP contribution in [0, 0.1) is 12.0 Å². The molecule has 0 aliphatic carbocycles. The van der Waals surface area contributed by atoms with Gasteiger partial charge in [-0.2, -0.15) is 0 Å². The quantitative estimate of drug-likeness (QED) is 0.655. The van der Waals surface area contributed by atoms with E-state index in [1.54, 1.807) is 0 Å². The van der Waals surface area contributed by atoms with Crippen LogP contribution in [0.3, 0.4) is 0 Å². The molecule has 0 heteroatoms. The second kappa shape index (κ2) is 4.45. The van der Waals surface area contributed by atoms with E-state index in [1.807, 2.05) is 0 Å². The van der Waals surface area contributed by atoms with Gasteiger partial charge in [-0.15, -0.1) is 0 Å². The fourth-order valence-corrected chi connectivity index (χ4v) is 1.46. The van der Waals surface area contributed by atoms with Crippen molar-refractivity contribution in [2.75, 3.05) is 0 Å². The molecule has 0 spiro atoms. The van der Waals surface area contributed by atoms with E-state index in [4.69, 9.17) is 0 Å². The molecular formula is C13H19. The Morgan fingerprint density at radius 3 is 2.38 bits per heavy atom. The van der Waals surface area contributed by atoms with E-state index >= 15 is 0 Å². The fraction of sp³-hybridized carbons (Fsp3) is 0.538. The average Bonchev–Trinajstić information content (AvgIpc) is 2.03. The van der Waals surface area contributed by atoms with Crippen molar-refractivity contribution >= 4 is 0 Å². The smallest absolute Gasteiger partial charge is 0.0178 e. The van der Waals surface area contributed by atoms with Crippen molar-refractivity contribution in [3.8, 4) is 0 Å². The number of hydrogen-bond acceptors (Lipinski definition) is 0. The van der Waals surface area contributed by atoms with Crippen molar-refractivity contribution in [2.45, 2.75) is 40.0 Å². The Bertz CT molecular complexity index is 258. The van der Waals surface area contributed by atoms with Gasteiger partial charge in [0.1, 0.15) is 0 Å². The molecule has 0 aliphatic rings. The lowest BCUT2D eigenvalue weighted by Gasteiger charge is -2.09. The predicted molar refractivity (Wildman–Crippen MR) is 57.9 cm³/mol. The maximum absolute atomic E-state index is 3.22. The molecule has 1 radical (unpaired) electrons. The van der Waals surface area contributed by atoms with Crippen LogP contribution in [0.2, 0.25) is 0 Å². The number of rotatable bonds is 3. The summed E-state index contributed by atoms with van der Waals surface area (Å²) in [5.41, 5.74) is 2.82. The first kappa shape index (κ1) is 10.3. The van der Waals surface area contributed by atoms with Gasteiger partial charge in [0.2, 0.25) is 0 Å². The molecule has 0 bridgehead atoms. The molecule has 1 aromatic rings. The third-order valence-electron chi connectivity index (χ3n) is 2.18. The lowest BCUT2D eigenvalue weighted by Crippen LogP contribution is -1.96. The zero-order valence-electron chi connectivity index (χ0n) is 9.09. The minimum atomic E-state index is 0.614. The minimum absolute atomic E-state index is 0.614. The summed E-state index contributed by atoms with van der Waals surface area (Å²) < 4.78 is 0. The molecule has 71 valence electrons. The van der Waals surface area contributed by atoms with Crippen molar-refractivity contribution in [3.05, 3.63) is 35.4 Å². The molecular weight excluding hydrogens is 156 g/mol. The molecule has 0 atom stereocenters. The number of benzene rings is 1. The van der Waals surface area contributed by atoms with Crippen LogP contribution < -0.4 is 0 Å². The predicted octanol–water partition coefficient (Wildman–Crippen LogP) is 3.81. The normalized spacial score (nSPS) is 11.2. The van der Waals surface area contributed by atoms with Crippen LogP contribution in [0.5, 0.6) is 0 Å². The van der Waals surface area contributed by atoms with E-state index in [9.17, 15) is 0 Å². The largest absolute Gasteiger partial charge is 0.0625 e. The first-order valence-electron chi connectivity index (χ1n) is 5.09. The van der Waals surface area contributed by atoms with E-state index in [-0.39, 0.29) is 0 Å². The van der Waals surface area contributed by atoms with Crippen molar-refractivity contribution < 1.29 is 0 Å². The molecule has 13 heavy (non-hydrogen) atoms. The van der Waals surface area contributed by atoms with E-state index in [1.165, 1.54) is 11.1 Å². The van der Waals surface area contributed by atoms with Gasteiger partial charge in [0.25, 0.3) is 0 Å². The maximum atomic E-state index is 3.22. The lowest BCUT2D eigenvalue weighted by molar-refractivity contribution is 0.646. The van der Waals surface area contributed by atoms with Crippen LogP contribution in [0.1, 0.15) is 44.7 Å². The zero-order valence-corrected chi connectivity index (χ0v) is 9.09. The summed E-state index contributed by atoms with van der Waals surface area (Å²) in [4.78, 5) is 0. The Hall–Kier alpha value is -0.780. The van der Waals surface area contributed by atoms with Gasteiger partial charge in [0.05, 0.1) is 0 Å². The Labute approximate surface area is 82.0 Å². The van der Waals surface area contributed by atoms with Gasteiger partial charge in [0, 0.05) is 0 Å². The maximum Gasteiger partial charge on any atom is -0.0178 e. The molecule has 1 aromatic carbocycles. The highest BCUT2D eigenvalue weighted by atomic mass is 14.1. The van der Waals surface area contributed by atoms with Gasteiger partial charge in [-0.1, -0.05) is 45.9 Å². The fourth-order valence-electron chi connectivity index (χ4n) is 1.46. The Morgan fingerprint density at radius 2 is 1.85 bits per heavy atom. The summed E-state index contributed by atoms with van der Waals surface area (Å²) >= 11 is 0. The molecule has 0 amide bonds. The van der Waals surface area contributed by atoms with E-state index < -0.39 is 0 Å². The summed E-state index contributed by atoms with van der Waals surface area (Å²) in [6.45, 7) is 8.95. The molecule has 0 nitrogen and oxygen atoms in total. The van der Waals surface area contributed by atoms with Crippen molar-refractivity contribution in [1.29, 1.82) is 0 Å². The minimum Gasteiger partial charge on any atom is -0.0625 e. The summed E-state index contributed by atoms with van der Waals surface area (Å²) in [7, 11) is 0. The topological polar surface area (TPSA) is 0 Å². The zero-order chi connectivity index (χ0) is 9.84. The van der Waals surface area contributed by atoms with Gasteiger partial charge >= 0.3 is 0 Å². The molecule has 0 N–H and O–H groups in total. The Morgan fingerprint density at radius 1 is 1.15 bits per heavy atom. The second-order valence-electron chi connectivity index (χ2n) is 4.43. The van der Waals surface area contributed by atoms with Crippen LogP contribution in [0.15, 0.2) is 18.2 Å². The molecule has 1 rings (SSSR count). The number of hydrogen-bond donors (Lipinski definition) is 0. The third kappa shape index (κ3) is 3.22. The van der Waals surface area contributed by atoms with Crippen molar-refractivity contribution in [2.24, 2.45) is 5.92 Å². The van der Waals surface area contributed by atoms with E-state index in [0.717, 1.165) is 12.3 Å². The van der Waals surface area contributed by atoms with Gasteiger partial charge in [-0.3, -0.25) is 0 Å². The first-order valence-corrected chi connectivity index (χ1v) is 5.09. The van der Waals surface area contributed by atoms with E-state index in [0.29, 0.717) is 5.92 Å². The molecule has 0 fully saturated rings. The van der Waals surface area contributed by atoms with Crippen LogP contribution in [0.25, 0.3) is 0 Å². The van der Waals surface area contributed by atoms with Crippen LogP contribution in [-0.4, -0.2) is 0 Å². The highest BCUT2D eigenvalue weighted by Crippen LogP contribution is 2.17. The first-order chi connectivity index (χ1) is 6.09. The second-order valence-corrected chi connectivity index (χ2v) is 4.43. The highest BCUT2D eigenvalue weighted by molar-refractivity contribution is 5.25. The van der Waals surface area contributed by atoms with Crippen molar-refractivity contribution in [1.82, 2.24) is 0 Å². The monoisotopic (exact) mass is 175 g/mol. The van der Waals surface area contributed by atoms with Gasteiger partial charge < -0.3 is 0 Å². The molecule has 0 heterocycles. The van der Waals surface area contributed by atoms with Crippen LogP contribution >= 0.6 is 0 Å². The summed E-state index contributed by atoms with van der Waals surface area (Å²) in [6.07, 6.45) is 1.16. The van der Waals surface area contributed by atoms with Gasteiger partial charge in [-0.25, -0.2) is 0 Å². The van der Waals surface area contributed by atoms with Gasteiger partial charge in [-0.05, 0) is 35.4 Å². The summed E-state index contributed by atoms with van der Waals surface area (Å²) in [5.74, 6) is 1.35. The molecule has 0 saturated heterocycles. The third-order valence-corrected chi connectivity index (χ3v) is 2.18. The highest BCUT2D eigenvalue weighted by Gasteiger charge is 2.01. The van der Waals surface area contributed by atoms with E-state index in [2.05, 4.69) is 52.0 Å². The van der Waals surface area contributed by atoms with Gasteiger partial charge in [0.15, 0.2) is 0 Å². The SMILES string of the molecule is CC(C)Cc1c[c]cc(C(C)C)c1. The van der Waals surface area contributed by atoms with Crippen LogP contribution in [0.4, 0.5) is 0 Å². The molecule has 0 unspecified atom stereocenters. The Balaban J connectivity index is 2.79. The van der Waals surface area contributed by atoms with Crippen LogP contribution in [-0.2, 0) is 6.42 Å². The summed E-state index contributed by atoms with van der Waals surface area (Å²) in [6, 6.07) is 9.72. The molecule has 0 saturated carbocycles. The Kier molecular flexibility index (Phi) is 3.53. The van der Waals surface area contributed by atoms with Crippen molar-refractivity contribution in [3.63, 3.8) is 0 Å². The average molecular weight is 175 g/mol. The standard InChI is InChI=1S/C13H19/c1-10(2)8-12-6-5-7-13(9-12)11(3)4/h6-7,9-11H,8H2,1-4H3. The molecule has 0 aliphatic heterocycles. The lowest BCUT2D eigenvalue weighted by atomic mass is 9.97.